The lowest BCUT2D eigenvalue weighted by Crippen LogP contribution is -2.01. The van der Waals surface area contributed by atoms with E-state index in [1.807, 2.05) is 6.92 Å². The van der Waals surface area contributed by atoms with Gasteiger partial charge in [-0.05, 0) is 19.1 Å². The highest BCUT2D eigenvalue weighted by molar-refractivity contribution is 7.09. The predicted molar refractivity (Wildman–Crippen MR) is 57.9 cm³/mol. The van der Waals surface area contributed by atoms with E-state index in [2.05, 4.69) is 19.9 Å². The minimum atomic E-state index is 0.200. The van der Waals surface area contributed by atoms with Gasteiger partial charge in [0, 0.05) is 17.2 Å². The van der Waals surface area contributed by atoms with Crippen LogP contribution in [0.5, 0.6) is 5.75 Å². The molecule has 0 atom stereocenters. The second-order valence-corrected chi connectivity index (χ2v) is 3.84. The van der Waals surface area contributed by atoms with Crippen LogP contribution in [-0.4, -0.2) is 19.7 Å². The highest BCUT2D eigenvalue weighted by Gasteiger charge is 2.03. The van der Waals surface area contributed by atoms with Gasteiger partial charge in [-0.2, -0.15) is 0 Å². The maximum atomic E-state index is 9.53. The van der Waals surface area contributed by atoms with Crippen molar-refractivity contribution in [2.24, 2.45) is 0 Å². The fourth-order valence-electron chi connectivity index (χ4n) is 1.15. The first kappa shape index (κ1) is 9.85. The molecule has 2 aromatic rings. The molecule has 0 saturated carbocycles. The summed E-state index contributed by atoms with van der Waals surface area (Å²) >= 11 is 1.27. The van der Waals surface area contributed by atoms with E-state index in [-0.39, 0.29) is 5.75 Å². The van der Waals surface area contributed by atoms with Crippen molar-refractivity contribution in [2.75, 3.05) is 5.32 Å². The minimum Gasteiger partial charge on any atom is -0.506 e. The zero-order valence-electron chi connectivity index (χ0n) is 8.14. The molecule has 0 aliphatic rings. The number of hydrogen-bond donors (Lipinski definition) is 2. The molecule has 15 heavy (non-hydrogen) atoms. The Morgan fingerprint density at radius 1 is 1.47 bits per heavy atom. The molecule has 0 saturated heterocycles. The van der Waals surface area contributed by atoms with E-state index >= 15 is 0 Å². The smallest absolute Gasteiger partial charge is 0.138 e. The SMILES string of the molecule is Cc1ccc(O)c(CNc2cnns2)n1. The molecule has 0 aromatic carbocycles. The van der Waals surface area contributed by atoms with Crippen LogP contribution in [0, 0.1) is 6.92 Å². The van der Waals surface area contributed by atoms with Crippen LogP contribution in [0.3, 0.4) is 0 Å². The number of pyridine rings is 1. The standard InChI is InChI=1S/C9H10N4OS/c1-6-2-3-8(14)7(12-6)4-10-9-5-11-13-15-9/h2-3,5,10,14H,4H2,1H3. The molecule has 2 heterocycles. The average Bonchev–Trinajstić information content (AvgIpc) is 2.72. The lowest BCUT2D eigenvalue weighted by atomic mass is 10.3. The van der Waals surface area contributed by atoms with E-state index < -0.39 is 0 Å². The van der Waals surface area contributed by atoms with Crippen molar-refractivity contribution in [3.8, 4) is 5.75 Å². The number of aromatic hydroxyl groups is 1. The van der Waals surface area contributed by atoms with Crippen molar-refractivity contribution in [1.82, 2.24) is 14.6 Å². The predicted octanol–water partition coefficient (Wildman–Crippen LogP) is 1.56. The van der Waals surface area contributed by atoms with Gasteiger partial charge in [0.1, 0.15) is 16.4 Å². The molecule has 0 unspecified atom stereocenters. The number of aryl methyl sites for hydroxylation is 1. The van der Waals surface area contributed by atoms with Gasteiger partial charge in [0.2, 0.25) is 0 Å². The van der Waals surface area contributed by atoms with Crippen LogP contribution in [0.25, 0.3) is 0 Å². The maximum Gasteiger partial charge on any atom is 0.138 e. The van der Waals surface area contributed by atoms with Gasteiger partial charge in [0.25, 0.3) is 0 Å². The Hall–Kier alpha value is -1.69. The summed E-state index contributed by atoms with van der Waals surface area (Å²) < 4.78 is 3.72. The molecular formula is C9H10N4OS. The molecule has 0 fully saturated rings. The first-order valence-electron chi connectivity index (χ1n) is 4.42. The first-order chi connectivity index (χ1) is 7.25. The number of hydrogen-bond acceptors (Lipinski definition) is 6. The van der Waals surface area contributed by atoms with E-state index in [0.29, 0.717) is 12.2 Å². The summed E-state index contributed by atoms with van der Waals surface area (Å²) in [5.41, 5.74) is 1.51. The molecule has 0 aliphatic carbocycles. The zero-order chi connectivity index (χ0) is 10.7. The van der Waals surface area contributed by atoms with Crippen LogP contribution >= 0.6 is 11.5 Å². The highest BCUT2D eigenvalue weighted by atomic mass is 32.1. The molecule has 2 N–H and O–H groups in total. The van der Waals surface area contributed by atoms with Crippen LogP contribution < -0.4 is 5.32 Å². The van der Waals surface area contributed by atoms with Crippen molar-refractivity contribution in [3.63, 3.8) is 0 Å². The van der Waals surface area contributed by atoms with Crippen molar-refractivity contribution >= 4 is 16.5 Å². The van der Waals surface area contributed by atoms with Crippen LogP contribution in [0.2, 0.25) is 0 Å². The first-order valence-corrected chi connectivity index (χ1v) is 5.20. The van der Waals surface area contributed by atoms with Crippen molar-refractivity contribution < 1.29 is 5.11 Å². The number of nitrogens with zero attached hydrogens (tertiary/aromatic N) is 3. The van der Waals surface area contributed by atoms with Crippen LogP contribution in [-0.2, 0) is 6.54 Å². The van der Waals surface area contributed by atoms with Crippen molar-refractivity contribution in [2.45, 2.75) is 13.5 Å². The number of nitrogens with one attached hydrogen (secondary N) is 1. The third-order valence-electron chi connectivity index (χ3n) is 1.88. The van der Waals surface area contributed by atoms with E-state index in [1.54, 1.807) is 18.3 Å². The molecule has 2 rings (SSSR count). The maximum absolute atomic E-state index is 9.53. The fourth-order valence-corrected chi connectivity index (χ4v) is 1.56. The van der Waals surface area contributed by atoms with Gasteiger partial charge in [-0.25, -0.2) is 0 Å². The molecule has 0 bridgehead atoms. The lowest BCUT2D eigenvalue weighted by Gasteiger charge is -2.05. The Kier molecular flexibility index (Phi) is 2.77. The third-order valence-corrected chi connectivity index (χ3v) is 2.50. The van der Waals surface area contributed by atoms with E-state index in [1.165, 1.54) is 11.5 Å². The van der Waals surface area contributed by atoms with Gasteiger partial charge in [-0.3, -0.25) is 4.98 Å². The highest BCUT2D eigenvalue weighted by Crippen LogP contribution is 2.17. The summed E-state index contributed by atoms with van der Waals surface area (Å²) in [5, 5.41) is 17.2. The van der Waals surface area contributed by atoms with Gasteiger partial charge >= 0.3 is 0 Å². The second kappa shape index (κ2) is 4.22. The zero-order valence-corrected chi connectivity index (χ0v) is 8.95. The largest absolute Gasteiger partial charge is 0.506 e. The van der Waals surface area contributed by atoms with Crippen LogP contribution in [0.15, 0.2) is 18.3 Å². The van der Waals surface area contributed by atoms with Crippen LogP contribution in [0.4, 0.5) is 5.00 Å². The van der Waals surface area contributed by atoms with Gasteiger partial charge < -0.3 is 10.4 Å². The molecule has 5 nitrogen and oxygen atoms in total. The number of rotatable bonds is 3. The van der Waals surface area contributed by atoms with E-state index in [4.69, 9.17) is 0 Å². The Balaban J connectivity index is 2.07. The molecule has 0 spiro atoms. The van der Waals surface area contributed by atoms with Crippen LogP contribution in [0.1, 0.15) is 11.4 Å². The van der Waals surface area contributed by atoms with Crippen molar-refractivity contribution in [1.29, 1.82) is 0 Å². The molecule has 78 valence electrons. The summed E-state index contributed by atoms with van der Waals surface area (Å²) in [7, 11) is 0. The van der Waals surface area contributed by atoms with E-state index in [0.717, 1.165) is 10.7 Å². The second-order valence-electron chi connectivity index (χ2n) is 3.05. The monoisotopic (exact) mass is 222 g/mol. The Morgan fingerprint density at radius 2 is 2.33 bits per heavy atom. The number of anilines is 1. The molecule has 0 radical (unpaired) electrons. The summed E-state index contributed by atoms with van der Waals surface area (Å²) in [6.07, 6.45) is 1.64. The van der Waals surface area contributed by atoms with Gasteiger partial charge in [0.15, 0.2) is 0 Å². The summed E-state index contributed by atoms with van der Waals surface area (Å²) in [4.78, 5) is 4.22. The van der Waals surface area contributed by atoms with Gasteiger partial charge in [-0.1, -0.05) is 4.49 Å². The fraction of sp³-hybridized carbons (Fsp3) is 0.222. The van der Waals surface area contributed by atoms with Gasteiger partial charge in [0.05, 0.1) is 12.7 Å². The Bertz CT molecular complexity index is 443. The summed E-state index contributed by atoms with van der Waals surface area (Å²) in [6, 6.07) is 3.41. The van der Waals surface area contributed by atoms with E-state index in [9.17, 15) is 5.11 Å². The summed E-state index contributed by atoms with van der Waals surface area (Å²) in [6.45, 7) is 2.36. The van der Waals surface area contributed by atoms with Crippen molar-refractivity contribution in [3.05, 3.63) is 29.7 Å². The Morgan fingerprint density at radius 3 is 3.07 bits per heavy atom. The quantitative estimate of drug-likeness (QED) is 0.824. The molecule has 0 aliphatic heterocycles. The Labute approximate surface area is 91.0 Å². The average molecular weight is 222 g/mol. The molecule has 0 amide bonds. The lowest BCUT2D eigenvalue weighted by molar-refractivity contribution is 0.464. The molecule has 6 heteroatoms. The topological polar surface area (TPSA) is 70.9 Å². The number of aromatic nitrogens is 3. The minimum absolute atomic E-state index is 0.200. The van der Waals surface area contributed by atoms with Gasteiger partial charge in [-0.15, -0.1) is 5.10 Å². The normalized spacial score (nSPS) is 10.2. The molecular weight excluding hydrogens is 212 g/mol. The third kappa shape index (κ3) is 2.41. The molecule has 2 aromatic heterocycles. The summed E-state index contributed by atoms with van der Waals surface area (Å²) in [5.74, 6) is 0.200.